The van der Waals surface area contributed by atoms with Crippen LogP contribution in [0.2, 0.25) is 0 Å². The van der Waals surface area contributed by atoms with E-state index < -0.39 is 0 Å². The van der Waals surface area contributed by atoms with Crippen LogP contribution in [0.15, 0.2) is 54.6 Å². The van der Waals surface area contributed by atoms with Gasteiger partial charge in [0.2, 0.25) is 0 Å². The summed E-state index contributed by atoms with van der Waals surface area (Å²) in [6, 6.07) is 17.3. The van der Waals surface area contributed by atoms with Gasteiger partial charge in [-0.05, 0) is 35.6 Å². The summed E-state index contributed by atoms with van der Waals surface area (Å²) in [4.78, 5) is 0. The third-order valence-corrected chi connectivity index (χ3v) is 3.72. The predicted molar refractivity (Wildman–Crippen MR) is 95.8 cm³/mol. The van der Waals surface area contributed by atoms with E-state index >= 15 is 0 Å². The van der Waals surface area contributed by atoms with Gasteiger partial charge in [0.25, 0.3) is 0 Å². The number of hydrogen-bond donors (Lipinski definition) is 0. The molecule has 0 amide bonds. The fraction of sp³-hybridized carbons (Fsp3) is 0.333. The summed E-state index contributed by atoms with van der Waals surface area (Å²) in [6.07, 6.45) is 7.83. The Balaban J connectivity index is 1.90. The third-order valence-electron chi connectivity index (χ3n) is 3.72. The van der Waals surface area contributed by atoms with Crippen molar-refractivity contribution in [1.29, 1.82) is 0 Å². The van der Waals surface area contributed by atoms with Gasteiger partial charge in [-0.1, -0.05) is 80.4 Å². The van der Waals surface area contributed by atoms with Crippen LogP contribution in [-0.4, -0.2) is 6.61 Å². The summed E-state index contributed by atoms with van der Waals surface area (Å²) in [5.74, 6) is 0. The van der Waals surface area contributed by atoms with Gasteiger partial charge in [0, 0.05) is 6.61 Å². The van der Waals surface area contributed by atoms with E-state index in [1.54, 1.807) is 0 Å². The lowest BCUT2D eigenvalue weighted by atomic mass is 10.0. The molecule has 22 heavy (non-hydrogen) atoms. The van der Waals surface area contributed by atoms with Gasteiger partial charge in [0.15, 0.2) is 0 Å². The van der Waals surface area contributed by atoms with Gasteiger partial charge in [-0.15, -0.1) is 0 Å². The molecule has 0 aromatic heterocycles. The highest BCUT2D eigenvalue weighted by molar-refractivity contribution is 5.65. The molecule has 0 atom stereocenters. The van der Waals surface area contributed by atoms with Crippen molar-refractivity contribution in [3.05, 3.63) is 65.7 Å². The van der Waals surface area contributed by atoms with Crippen LogP contribution in [0, 0.1) is 0 Å². The molecule has 2 aromatic carbocycles. The van der Waals surface area contributed by atoms with Crippen molar-refractivity contribution in [2.24, 2.45) is 0 Å². The molecule has 0 fully saturated rings. The van der Waals surface area contributed by atoms with Crippen LogP contribution in [-0.2, 0) is 11.3 Å². The molecule has 0 spiro atoms. The summed E-state index contributed by atoms with van der Waals surface area (Å²) in [5.41, 5.74) is 4.99. The first-order valence-electron chi connectivity index (χ1n) is 8.23. The van der Waals surface area contributed by atoms with Gasteiger partial charge in [-0.3, -0.25) is 0 Å². The molecule has 0 bridgehead atoms. The van der Waals surface area contributed by atoms with Gasteiger partial charge < -0.3 is 4.74 Å². The Bertz CT molecular complexity index is 564. The molecule has 0 aliphatic heterocycles. The number of hydrogen-bond acceptors (Lipinski definition) is 1. The predicted octanol–water partition coefficient (Wildman–Crippen LogP) is 6.09. The first-order valence-corrected chi connectivity index (χ1v) is 8.23. The zero-order chi connectivity index (χ0) is 15.6. The topological polar surface area (TPSA) is 9.23 Å². The van der Waals surface area contributed by atoms with E-state index in [1.165, 1.54) is 35.1 Å². The fourth-order valence-electron chi connectivity index (χ4n) is 2.42. The quantitative estimate of drug-likeness (QED) is 0.535. The second-order valence-corrected chi connectivity index (χ2v) is 5.58. The second-order valence-electron chi connectivity index (χ2n) is 5.58. The summed E-state index contributed by atoms with van der Waals surface area (Å²) >= 11 is 0. The SMILES string of the molecule is C/C=C\c1ccc(-c2ccc(COCCCCC)cc2)cc1. The number of allylic oxidation sites excluding steroid dienone is 1. The van der Waals surface area contributed by atoms with Crippen molar-refractivity contribution in [2.45, 2.75) is 39.7 Å². The largest absolute Gasteiger partial charge is 0.377 e. The Morgan fingerprint density at radius 2 is 1.50 bits per heavy atom. The first kappa shape index (κ1) is 16.5. The van der Waals surface area contributed by atoms with Crippen LogP contribution in [0.5, 0.6) is 0 Å². The maximum absolute atomic E-state index is 5.70. The van der Waals surface area contributed by atoms with Crippen molar-refractivity contribution in [2.75, 3.05) is 6.61 Å². The van der Waals surface area contributed by atoms with Gasteiger partial charge in [0.05, 0.1) is 6.61 Å². The molecule has 0 radical (unpaired) electrons. The van der Waals surface area contributed by atoms with Crippen LogP contribution in [0.1, 0.15) is 44.2 Å². The Morgan fingerprint density at radius 1 is 0.864 bits per heavy atom. The number of unbranched alkanes of at least 4 members (excludes halogenated alkanes) is 2. The van der Waals surface area contributed by atoms with E-state index in [4.69, 9.17) is 4.74 Å². The van der Waals surface area contributed by atoms with E-state index in [-0.39, 0.29) is 0 Å². The van der Waals surface area contributed by atoms with Crippen molar-refractivity contribution < 1.29 is 4.74 Å². The van der Waals surface area contributed by atoms with Crippen molar-refractivity contribution in [3.63, 3.8) is 0 Å². The number of rotatable bonds is 8. The molecule has 116 valence electrons. The van der Waals surface area contributed by atoms with Gasteiger partial charge in [-0.25, -0.2) is 0 Å². The molecule has 0 aliphatic rings. The zero-order valence-corrected chi connectivity index (χ0v) is 13.7. The zero-order valence-electron chi connectivity index (χ0n) is 13.7. The lowest BCUT2D eigenvalue weighted by Crippen LogP contribution is -1.95. The van der Waals surface area contributed by atoms with Crippen LogP contribution in [0.3, 0.4) is 0 Å². The molecular weight excluding hydrogens is 268 g/mol. The Kier molecular flexibility index (Phi) is 6.92. The number of ether oxygens (including phenoxy) is 1. The van der Waals surface area contributed by atoms with E-state index in [1.807, 2.05) is 6.92 Å². The summed E-state index contributed by atoms with van der Waals surface area (Å²) < 4.78 is 5.70. The third kappa shape index (κ3) is 5.16. The van der Waals surface area contributed by atoms with Crippen LogP contribution >= 0.6 is 0 Å². The van der Waals surface area contributed by atoms with E-state index in [2.05, 4.69) is 67.6 Å². The number of benzene rings is 2. The minimum Gasteiger partial charge on any atom is -0.377 e. The van der Waals surface area contributed by atoms with E-state index in [0.29, 0.717) is 6.61 Å². The van der Waals surface area contributed by atoms with E-state index in [0.717, 1.165) is 13.0 Å². The lowest BCUT2D eigenvalue weighted by molar-refractivity contribution is 0.117. The Hall–Kier alpha value is -1.86. The maximum atomic E-state index is 5.70. The lowest BCUT2D eigenvalue weighted by Gasteiger charge is -2.06. The van der Waals surface area contributed by atoms with Crippen molar-refractivity contribution in [1.82, 2.24) is 0 Å². The molecule has 2 aromatic rings. The van der Waals surface area contributed by atoms with Crippen LogP contribution < -0.4 is 0 Å². The molecule has 1 heteroatoms. The monoisotopic (exact) mass is 294 g/mol. The summed E-state index contributed by atoms with van der Waals surface area (Å²) in [7, 11) is 0. The standard InChI is InChI=1S/C21H26O/c1-3-5-6-16-22-17-19-10-14-21(15-11-19)20-12-8-18(7-4-2)9-13-20/h4,7-15H,3,5-6,16-17H2,1-2H3/b7-4-. The van der Waals surface area contributed by atoms with Gasteiger partial charge in [-0.2, -0.15) is 0 Å². The average Bonchev–Trinajstić information content (AvgIpc) is 2.56. The summed E-state index contributed by atoms with van der Waals surface area (Å²) in [5, 5.41) is 0. The Morgan fingerprint density at radius 3 is 2.09 bits per heavy atom. The molecular formula is C21H26O. The molecule has 0 aliphatic carbocycles. The van der Waals surface area contributed by atoms with Crippen molar-refractivity contribution >= 4 is 6.08 Å². The molecule has 0 unspecified atom stereocenters. The molecule has 0 saturated carbocycles. The minimum atomic E-state index is 0.713. The maximum Gasteiger partial charge on any atom is 0.0716 e. The normalized spacial score (nSPS) is 11.2. The average molecular weight is 294 g/mol. The highest BCUT2D eigenvalue weighted by atomic mass is 16.5. The first-order chi connectivity index (χ1) is 10.8. The van der Waals surface area contributed by atoms with E-state index in [9.17, 15) is 0 Å². The Labute approximate surface area is 134 Å². The molecule has 0 heterocycles. The smallest absolute Gasteiger partial charge is 0.0716 e. The highest BCUT2D eigenvalue weighted by Gasteiger charge is 1.99. The summed E-state index contributed by atoms with van der Waals surface area (Å²) in [6.45, 7) is 5.83. The van der Waals surface area contributed by atoms with Crippen molar-refractivity contribution in [3.8, 4) is 11.1 Å². The van der Waals surface area contributed by atoms with Gasteiger partial charge >= 0.3 is 0 Å². The highest BCUT2D eigenvalue weighted by Crippen LogP contribution is 2.21. The fourth-order valence-corrected chi connectivity index (χ4v) is 2.42. The molecule has 0 N–H and O–H groups in total. The molecule has 0 saturated heterocycles. The van der Waals surface area contributed by atoms with Crippen LogP contribution in [0.4, 0.5) is 0 Å². The minimum absolute atomic E-state index is 0.713. The molecule has 2 rings (SSSR count). The second kappa shape index (κ2) is 9.22. The van der Waals surface area contributed by atoms with Crippen LogP contribution in [0.25, 0.3) is 17.2 Å². The molecule has 1 nitrogen and oxygen atoms in total. The van der Waals surface area contributed by atoms with Gasteiger partial charge in [0.1, 0.15) is 0 Å².